The van der Waals surface area contributed by atoms with E-state index in [4.69, 9.17) is 15.1 Å². The van der Waals surface area contributed by atoms with Gasteiger partial charge in [-0.1, -0.05) is 17.2 Å². The highest BCUT2D eigenvalue weighted by Gasteiger charge is 2.21. The Morgan fingerprint density at radius 2 is 1.77 bits per heavy atom. The second kappa shape index (κ2) is 6.60. The lowest BCUT2D eigenvalue weighted by atomic mass is 10.1. The second-order valence-electron chi connectivity index (χ2n) is 5.09. The topological polar surface area (TPSA) is 143 Å². The van der Waals surface area contributed by atoms with Crippen molar-refractivity contribution in [3.8, 4) is 11.5 Å². The number of fused-ring (bicyclic) bond motifs is 1. The van der Waals surface area contributed by atoms with Crippen LogP contribution >= 0.6 is 0 Å². The number of diazo groups is 1. The highest BCUT2D eigenvalue weighted by atomic mass is 32.2. The third-order valence-electron chi connectivity index (χ3n) is 3.53. The van der Waals surface area contributed by atoms with Crippen LogP contribution in [0.4, 0.5) is 11.4 Å². The SMILES string of the molecule is N#[N+]c1ccc2c(S(=O)(=O)Oc3ccc(N=[N+]=[N-])cc3)cccc2c1[O-]. The first-order valence-corrected chi connectivity index (χ1v) is 8.54. The minimum atomic E-state index is -4.24. The molecule has 0 amide bonds. The fourth-order valence-electron chi connectivity index (χ4n) is 2.38. The molecule has 0 saturated heterocycles. The van der Waals surface area contributed by atoms with Crippen LogP contribution in [0.3, 0.4) is 0 Å². The maximum atomic E-state index is 12.6. The van der Waals surface area contributed by atoms with Gasteiger partial charge in [-0.2, -0.15) is 8.42 Å². The van der Waals surface area contributed by atoms with E-state index in [1.54, 1.807) is 0 Å². The van der Waals surface area contributed by atoms with E-state index < -0.39 is 15.9 Å². The molecule has 26 heavy (non-hydrogen) atoms. The molecule has 0 aliphatic rings. The Labute approximate surface area is 147 Å². The molecular weight excluding hydrogens is 358 g/mol. The van der Waals surface area contributed by atoms with Crippen molar-refractivity contribution in [2.24, 2.45) is 5.11 Å². The standard InChI is InChI=1S/C16H9N5O4S/c17-19-14-9-8-12-13(16(14)22)2-1-3-15(12)26(23,24)25-11-6-4-10(5-7-11)20-21-18/h1-9H. The molecule has 0 aliphatic carbocycles. The number of hydrogen-bond acceptors (Lipinski definition) is 6. The smallest absolute Gasteiger partial charge is 0.378 e. The van der Waals surface area contributed by atoms with E-state index in [0.29, 0.717) is 5.69 Å². The molecule has 0 atom stereocenters. The van der Waals surface area contributed by atoms with Crippen LogP contribution in [0.15, 0.2) is 64.6 Å². The summed E-state index contributed by atoms with van der Waals surface area (Å²) in [6.07, 6.45) is 0. The molecule has 9 nitrogen and oxygen atoms in total. The summed E-state index contributed by atoms with van der Waals surface area (Å²) < 4.78 is 30.3. The van der Waals surface area contributed by atoms with Crippen LogP contribution in [0.1, 0.15) is 0 Å². The fraction of sp³-hybridized carbons (Fsp3) is 0. The van der Waals surface area contributed by atoms with Crippen LogP contribution in [-0.4, -0.2) is 8.42 Å². The summed E-state index contributed by atoms with van der Waals surface area (Å²) in [6, 6.07) is 12.2. The number of azide groups is 1. The Morgan fingerprint density at radius 3 is 2.42 bits per heavy atom. The second-order valence-corrected chi connectivity index (χ2v) is 6.60. The average molecular weight is 367 g/mol. The Morgan fingerprint density at radius 1 is 1.04 bits per heavy atom. The maximum Gasteiger partial charge on any atom is 0.378 e. The molecule has 0 radical (unpaired) electrons. The molecule has 10 heteroatoms. The van der Waals surface area contributed by atoms with Crippen LogP contribution in [-0.2, 0) is 10.1 Å². The number of nitrogens with zero attached hydrogens (tertiary/aromatic N) is 5. The van der Waals surface area contributed by atoms with E-state index in [9.17, 15) is 13.5 Å². The van der Waals surface area contributed by atoms with Gasteiger partial charge in [0.1, 0.15) is 10.6 Å². The van der Waals surface area contributed by atoms with Crippen LogP contribution in [0.25, 0.3) is 26.2 Å². The first kappa shape index (κ1) is 17.0. The summed E-state index contributed by atoms with van der Waals surface area (Å²) in [5, 5.41) is 24.6. The summed E-state index contributed by atoms with van der Waals surface area (Å²) in [5.41, 5.74) is 8.48. The van der Waals surface area contributed by atoms with Crippen molar-refractivity contribution >= 4 is 32.3 Å². The van der Waals surface area contributed by atoms with Gasteiger partial charge in [0.25, 0.3) is 0 Å². The number of rotatable bonds is 4. The van der Waals surface area contributed by atoms with Crippen LogP contribution in [0, 0.1) is 5.39 Å². The lowest BCUT2D eigenvalue weighted by molar-refractivity contribution is -0.264. The van der Waals surface area contributed by atoms with Gasteiger partial charge in [-0.05, 0) is 53.1 Å². The zero-order valence-electron chi connectivity index (χ0n) is 13.0. The lowest BCUT2D eigenvalue weighted by Crippen LogP contribution is -2.10. The zero-order valence-corrected chi connectivity index (χ0v) is 13.8. The van der Waals surface area contributed by atoms with E-state index in [-0.39, 0.29) is 27.1 Å². The number of hydrogen-bond donors (Lipinski definition) is 0. The molecule has 3 rings (SSSR count). The largest absolute Gasteiger partial charge is 0.867 e. The Bertz CT molecular complexity index is 1190. The van der Waals surface area contributed by atoms with Crippen molar-refractivity contribution in [2.45, 2.75) is 4.90 Å². The van der Waals surface area contributed by atoms with E-state index in [1.807, 2.05) is 0 Å². The van der Waals surface area contributed by atoms with E-state index in [2.05, 4.69) is 15.0 Å². The summed E-state index contributed by atoms with van der Waals surface area (Å²) in [4.78, 5) is 5.30. The van der Waals surface area contributed by atoms with Gasteiger partial charge in [0.2, 0.25) is 5.39 Å². The summed E-state index contributed by atoms with van der Waals surface area (Å²) >= 11 is 0. The molecule has 0 bridgehead atoms. The minimum Gasteiger partial charge on any atom is -0.867 e. The maximum absolute atomic E-state index is 12.6. The van der Waals surface area contributed by atoms with Gasteiger partial charge in [-0.15, -0.1) is 0 Å². The molecule has 3 aromatic carbocycles. The summed E-state index contributed by atoms with van der Waals surface area (Å²) in [6.45, 7) is 0. The third kappa shape index (κ3) is 3.08. The predicted octanol–water partition coefficient (Wildman–Crippen LogP) is 4.11. The average Bonchev–Trinajstić information content (AvgIpc) is 2.63. The lowest BCUT2D eigenvalue weighted by Gasteiger charge is -2.12. The van der Waals surface area contributed by atoms with Gasteiger partial charge in [-0.25, -0.2) is 0 Å². The van der Waals surface area contributed by atoms with Crippen molar-refractivity contribution in [1.82, 2.24) is 0 Å². The molecular formula is C16H9N5O4S. The molecule has 128 valence electrons. The molecule has 0 unspecified atom stereocenters. The molecule has 0 aliphatic heterocycles. The van der Waals surface area contributed by atoms with E-state index >= 15 is 0 Å². The third-order valence-corrected chi connectivity index (χ3v) is 4.84. The fourth-order valence-corrected chi connectivity index (χ4v) is 3.53. The van der Waals surface area contributed by atoms with Gasteiger partial charge < -0.3 is 9.29 Å². The molecule has 0 fully saturated rings. The molecule has 0 spiro atoms. The van der Waals surface area contributed by atoms with Gasteiger partial charge in [0, 0.05) is 22.1 Å². The van der Waals surface area contributed by atoms with Crippen LogP contribution in [0.2, 0.25) is 0 Å². The zero-order chi connectivity index (χ0) is 18.7. The molecule has 0 N–H and O–H groups in total. The monoisotopic (exact) mass is 367 g/mol. The Kier molecular flexibility index (Phi) is 4.33. The van der Waals surface area contributed by atoms with E-state index in [0.717, 1.165) is 0 Å². The number of benzene rings is 3. The quantitative estimate of drug-likeness (QED) is 0.224. The first-order valence-electron chi connectivity index (χ1n) is 7.14. The van der Waals surface area contributed by atoms with Crippen LogP contribution < -0.4 is 9.29 Å². The molecule has 3 aromatic rings. The summed E-state index contributed by atoms with van der Waals surface area (Å²) in [5.74, 6) is -0.580. The Balaban J connectivity index is 2.06. The summed E-state index contributed by atoms with van der Waals surface area (Å²) in [7, 11) is -4.24. The van der Waals surface area contributed by atoms with Gasteiger partial charge in [-0.3, -0.25) is 0 Å². The normalized spacial score (nSPS) is 10.7. The van der Waals surface area contributed by atoms with Crippen molar-refractivity contribution in [2.75, 3.05) is 0 Å². The van der Waals surface area contributed by atoms with Gasteiger partial charge in [0.05, 0.1) is 0 Å². The van der Waals surface area contributed by atoms with Crippen molar-refractivity contribution in [3.05, 3.63) is 70.0 Å². The predicted molar refractivity (Wildman–Crippen MR) is 91.2 cm³/mol. The van der Waals surface area contributed by atoms with Gasteiger partial charge >= 0.3 is 15.8 Å². The molecule has 0 saturated carbocycles. The van der Waals surface area contributed by atoms with Crippen molar-refractivity contribution in [3.63, 3.8) is 0 Å². The van der Waals surface area contributed by atoms with Crippen molar-refractivity contribution in [1.29, 1.82) is 5.39 Å². The molecule has 0 heterocycles. The first-order chi connectivity index (χ1) is 12.5. The Hall–Kier alpha value is -3.80. The van der Waals surface area contributed by atoms with Crippen LogP contribution in [0.5, 0.6) is 11.5 Å². The highest BCUT2D eigenvalue weighted by Crippen LogP contribution is 2.36. The van der Waals surface area contributed by atoms with Crippen molar-refractivity contribution < 1.29 is 17.7 Å². The molecule has 0 aromatic heterocycles. The highest BCUT2D eigenvalue weighted by molar-refractivity contribution is 7.87. The minimum absolute atomic E-state index is 0.0169. The van der Waals surface area contributed by atoms with Gasteiger partial charge in [0.15, 0.2) is 4.98 Å². The van der Waals surface area contributed by atoms with E-state index in [1.165, 1.54) is 54.6 Å².